The van der Waals surface area contributed by atoms with Gasteiger partial charge in [0, 0.05) is 0 Å². The summed E-state index contributed by atoms with van der Waals surface area (Å²) in [5.41, 5.74) is 10.9. The molecule has 0 aromatic heterocycles. The van der Waals surface area contributed by atoms with Crippen LogP contribution in [-0.2, 0) is 12.8 Å². The highest BCUT2D eigenvalue weighted by Gasteiger charge is 2.18. The third kappa shape index (κ3) is 5.09. The van der Waals surface area contributed by atoms with Crippen LogP contribution in [0.3, 0.4) is 0 Å². The monoisotopic (exact) mass is 506 g/mol. The van der Waals surface area contributed by atoms with Crippen molar-refractivity contribution in [3.63, 3.8) is 0 Å². The molecule has 0 fully saturated rings. The molecule has 0 heterocycles. The molecule has 0 spiro atoms. The summed E-state index contributed by atoms with van der Waals surface area (Å²) < 4.78 is 0. The average molecular weight is 507 g/mol. The maximum Gasteiger partial charge on any atom is -0.00325 e. The molecule has 0 heteroatoms. The summed E-state index contributed by atoms with van der Waals surface area (Å²) in [4.78, 5) is 0. The molecule has 0 saturated heterocycles. The van der Waals surface area contributed by atoms with E-state index in [4.69, 9.17) is 0 Å². The average Bonchev–Trinajstić information content (AvgIpc) is 3.65. The number of hydrogen-bond donors (Lipinski definition) is 0. The van der Waals surface area contributed by atoms with Crippen LogP contribution in [0.2, 0.25) is 0 Å². The number of benzene rings is 4. The Hall–Kier alpha value is -3.90. The number of allylic oxidation sites excluding steroid dienone is 4. The first-order chi connectivity index (χ1) is 19.3. The molecule has 0 bridgehead atoms. The van der Waals surface area contributed by atoms with Crippen LogP contribution >= 0.6 is 0 Å². The standard InChI is InChI=1S/C39H38/c1-3-5-11-28-17-21-31(22-18-28)38(32-23-19-29(20-24-32)12-6-4-2)36-26-25-35-34-16-10-9-15-33(34)27-37(35)39(36)30-13-7-8-14-30/h7-10,13,15-27H,3-6,11-12,14H2,1-2H3. The van der Waals surface area contributed by atoms with Gasteiger partial charge in [-0.2, -0.15) is 0 Å². The molecule has 2 aliphatic rings. The van der Waals surface area contributed by atoms with Crippen LogP contribution in [0.15, 0.2) is 103 Å². The van der Waals surface area contributed by atoms with Crippen molar-refractivity contribution in [2.45, 2.75) is 58.8 Å². The van der Waals surface area contributed by atoms with E-state index in [1.54, 1.807) is 0 Å². The Labute approximate surface area is 233 Å². The van der Waals surface area contributed by atoms with Gasteiger partial charge in [0.2, 0.25) is 0 Å². The van der Waals surface area contributed by atoms with Gasteiger partial charge in [0.15, 0.2) is 0 Å². The minimum Gasteiger partial charge on any atom is -0.0801 e. The fourth-order valence-corrected chi connectivity index (χ4v) is 6.13. The van der Waals surface area contributed by atoms with Crippen molar-refractivity contribution in [1.29, 1.82) is 0 Å². The maximum absolute atomic E-state index is 2.40. The van der Waals surface area contributed by atoms with Crippen molar-refractivity contribution in [3.8, 4) is 0 Å². The van der Waals surface area contributed by atoms with Crippen molar-refractivity contribution >= 4 is 17.2 Å². The molecule has 6 rings (SSSR count). The lowest BCUT2D eigenvalue weighted by Crippen LogP contribution is -2.16. The van der Waals surface area contributed by atoms with Crippen LogP contribution in [0.5, 0.6) is 0 Å². The van der Waals surface area contributed by atoms with Crippen molar-refractivity contribution in [1.82, 2.24) is 0 Å². The van der Waals surface area contributed by atoms with E-state index in [9.17, 15) is 0 Å². The van der Waals surface area contributed by atoms with E-state index in [-0.39, 0.29) is 0 Å². The lowest BCUT2D eigenvalue weighted by molar-refractivity contribution is 0.795. The Bertz CT molecular complexity index is 1710. The minimum atomic E-state index is 0.979. The molecule has 2 aliphatic carbocycles. The van der Waals surface area contributed by atoms with E-state index >= 15 is 0 Å². The molecular formula is C39H38. The molecule has 0 saturated carbocycles. The largest absolute Gasteiger partial charge is 0.0801 e. The number of hydrogen-bond acceptors (Lipinski definition) is 0. The first-order valence-electron chi connectivity index (χ1n) is 14.8. The second-order valence-electron chi connectivity index (χ2n) is 11.0. The molecule has 0 atom stereocenters. The van der Waals surface area contributed by atoms with Crippen molar-refractivity contribution in [2.24, 2.45) is 0 Å². The number of unbranched alkanes of at least 4 members (excludes halogenated alkanes) is 2. The summed E-state index contributed by atoms with van der Waals surface area (Å²) >= 11 is 0. The van der Waals surface area contributed by atoms with Gasteiger partial charge in [-0.15, -0.1) is 0 Å². The predicted octanol–water partition coefficient (Wildman–Crippen LogP) is 8.39. The summed E-state index contributed by atoms with van der Waals surface area (Å²) in [5, 5.41) is 5.34. The van der Waals surface area contributed by atoms with Gasteiger partial charge < -0.3 is 0 Å². The molecule has 0 nitrogen and oxygen atoms in total. The van der Waals surface area contributed by atoms with Gasteiger partial charge in [0.25, 0.3) is 0 Å². The van der Waals surface area contributed by atoms with E-state index in [0.29, 0.717) is 0 Å². The molecule has 4 aromatic carbocycles. The summed E-state index contributed by atoms with van der Waals surface area (Å²) in [6.45, 7) is 4.53. The second-order valence-corrected chi connectivity index (χ2v) is 11.0. The van der Waals surface area contributed by atoms with E-state index in [2.05, 4.69) is 123 Å². The second kappa shape index (κ2) is 11.5. The Morgan fingerprint density at radius 1 is 0.667 bits per heavy atom. The summed E-state index contributed by atoms with van der Waals surface area (Å²) in [6, 6.07) is 32.3. The van der Waals surface area contributed by atoms with Crippen LogP contribution in [0.4, 0.5) is 0 Å². The van der Waals surface area contributed by atoms with Gasteiger partial charge in [0.05, 0.1) is 0 Å². The van der Waals surface area contributed by atoms with Gasteiger partial charge in [-0.05, 0) is 104 Å². The van der Waals surface area contributed by atoms with Gasteiger partial charge in [0.1, 0.15) is 0 Å². The molecular weight excluding hydrogens is 468 g/mol. The summed E-state index contributed by atoms with van der Waals surface area (Å²) in [6.07, 6.45) is 17.4. The van der Waals surface area contributed by atoms with Crippen molar-refractivity contribution in [3.05, 3.63) is 157 Å². The van der Waals surface area contributed by atoms with Crippen molar-refractivity contribution < 1.29 is 0 Å². The van der Waals surface area contributed by atoms with Crippen LogP contribution in [0, 0.1) is 10.4 Å². The van der Waals surface area contributed by atoms with E-state index in [0.717, 1.165) is 19.3 Å². The number of aryl methyl sites for hydroxylation is 2. The molecule has 39 heavy (non-hydrogen) atoms. The number of rotatable bonds is 9. The molecule has 4 aromatic rings. The van der Waals surface area contributed by atoms with Crippen LogP contribution < -0.4 is 10.4 Å². The van der Waals surface area contributed by atoms with E-state index in [1.165, 1.54) is 91.1 Å². The normalized spacial score (nSPS) is 13.1. The molecule has 0 radical (unpaired) electrons. The predicted molar refractivity (Wildman–Crippen MR) is 167 cm³/mol. The first-order valence-corrected chi connectivity index (χ1v) is 14.8. The molecule has 0 N–H and O–H groups in total. The highest BCUT2D eigenvalue weighted by Crippen LogP contribution is 2.30. The van der Waals surface area contributed by atoms with Crippen LogP contribution in [0.25, 0.3) is 17.2 Å². The van der Waals surface area contributed by atoms with E-state index in [1.807, 2.05) is 0 Å². The molecule has 0 unspecified atom stereocenters. The van der Waals surface area contributed by atoms with Crippen LogP contribution in [0.1, 0.15) is 79.3 Å². The van der Waals surface area contributed by atoms with Crippen LogP contribution in [-0.4, -0.2) is 0 Å². The Morgan fingerprint density at radius 3 is 1.90 bits per heavy atom. The zero-order valence-corrected chi connectivity index (χ0v) is 23.3. The highest BCUT2D eigenvalue weighted by molar-refractivity contribution is 5.86. The van der Waals surface area contributed by atoms with Gasteiger partial charge in [-0.3, -0.25) is 0 Å². The van der Waals surface area contributed by atoms with Crippen molar-refractivity contribution in [2.75, 3.05) is 0 Å². The molecule has 194 valence electrons. The number of fused-ring (bicyclic) bond motifs is 2. The maximum atomic E-state index is 2.40. The topological polar surface area (TPSA) is 0 Å². The Kier molecular flexibility index (Phi) is 7.46. The zero-order chi connectivity index (χ0) is 26.6. The Balaban J connectivity index is 1.63. The minimum absolute atomic E-state index is 0.979. The molecule has 0 aliphatic heterocycles. The fraction of sp³-hybridized carbons (Fsp3) is 0.231. The SMILES string of the molecule is CCCCc1ccc(C(c2ccc(CCCC)cc2)=c2ccc3c(c2C2=CC=CC2)C=c2ccccc2=3)cc1. The summed E-state index contributed by atoms with van der Waals surface area (Å²) in [5.74, 6) is 0. The lowest BCUT2D eigenvalue weighted by atomic mass is 9.87. The Morgan fingerprint density at radius 2 is 1.31 bits per heavy atom. The third-order valence-electron chi connectivity index (χ3n) is 8.28. The van der Waals surface area contributed by atoms with Gasteiger partial charge >= 0.3 is 0 Å². The van der Waals surface area contributed by atoms with Gasteiger partial charge in [-0.25, -0.2) is 0 Å². The molecule has 0 amide bonds. The quantitative estimate of drug-likeness (QED) is 0.188. The fourth-order valence-electron chi connectivity index (χ4n) is 6.13. The highest BCUT2D eigenvalue weighted by atomic mass is 14.2. The lowest BCUT2D eigenvalue weighted by Gasteiger charge is -2.16. The smallest absolute Gasteiger partial charge is 0.00325 e. The van der Waals surface area contributed by atoms with Gasteiger partial charge in [-0.1, -0.05) is 130 Å². The first kappa shape index (κ1) is 25.4. The third-order valence-corrected chi connectivity index (χ3v) is 8.28. The summed E-state index contributed by atoms with van der Waals surface area (Å²) in [7, 11) is 0. The van der Waals surface area contributed by atoms with E-state index < -0.39 is 0 Å². The zero-order valence-electron chi connectivity index (χ0n) is 23.3.